The molecule has 2 aliphatic rings. The number of fused-ring (bicyclic) bond motifs is 1. The number of hydrogen-bond donors (Lipinski definition) is 1. The first-order valence-electron chi connectivity index (χ1n) is 5.97. The Morgan fingerprint density at radius 1 is 1.19 bits per heavy atom. The van der Waals surface area contributed by atoms with Gasteiger partial charge in [0.25, 0.3) is 0 Å². The highest BCUT2D eigenvalue weighted by Crippen LogP contribution is 2.29. The summed E-state index contributed by atoms with van der Waals surface area (Å²) in [6.07, 6.45) is 3.11. The van der Waals surface area contributed by atoms with Gasteiger partial charge < -0.3 is 10.2 Å². The second kappa shape index (κ2) is 3.81. The number of rotatable bonds is 1. The lowest BCUT2D eigenvalue weighted by Gasteiger charge is -2.26. The highest BCUT2D eigenvalue weighted by Gasteiger charge is 2.21. The number of carbonyl (C=O) groups excluding carboxylic acids is 1. The standard InChI is InChI=1S/C13H16N2O/c16-13-8-10-4-3-5-12(11(10)9-14-13)15-6-1-2-7-15/h3-5H,1-2,6-9H2,(H,14,16). The molecule has 1 aromatic rings. The van der Waals surface area contributed by atoms with E-state index in [9.17, 15) is 4.79 Å². The molecule has 1 aromatic carbocycles. The minimum Gasteiger partial charge on any atom is -0.371 e. The second-order valence-corrected chi connectivity index (χ2v) is 4.56. The smallest absolute Gasteiger partial charge is 0.224 e. The number of nitrogens with one attached hydrogen (secondary N) is 1. The van der Waals surface area contributed by atoms with Crippen LogP contribution in [0.25, 0.3) is 0 Å². The van der Waals surface area contributed by atoms with Gasteiger partial charge in [-0.3, -0.25) is 4.79 Å². The average Bonchev–Trinajstić information content (AvgIpc) is 2.81. The molecule has 0 saturated carbocycles. The van der Waals surface area contributed by atoms with Gasteiger partial charge in [0.2, 0.25) is 5.91 Å². The molecule has 84 valence electrons. The molecular weight excluding hydrogens is 200 g/mol. The fourth-order valence-corrected chi connectivity index (χ4v) is 2.67. The normalized spacial score (nSPS) is 19.5. The number of amides is 1. The van der Waals surface area contributed by atoms with Gasteiger partial charge in [-0.2, -0.15) is 0 Å². The van der Waals surface area contributed by atoms with Crippen LogP contribution in [0.5, 0.6) is 0 Å². The molecule has 2 heterocycles. The van der Waals surface area contributed by atoms with Crippen molar-refractivity contribution in [1.29, 1.82) is 0 Å². The third-order valence-corrected chi connectivity index (χ3v) is 3.51. The molecule has 0 atom stereocenters. The molecule has 0 spiro atoms. The maximum absolute atomic E-state index is 11.3. The molecule has 0 bridgehead atoms. The minimum absolute atomic E-state index is 0.145. The van der Waals surface area contributed by atoms with Gasteiger partial charge in [-0.05, 0) is 30.0 Å². The summed E-state index contributed by atoms with van der Waals surface area (Å²) in [6.45, 7) is 3.01. The molecule has 1 amide bonds. The van der Waals surface area contributed by atoms with E-state index in [2.05, 4.69) is 28.4 Å². The highest BCUT2D eigenvalue weighted by atomic mass is 16.1. The van der Waals surface area contributed by atoms with Crippen LogP contribution in [-0.4, -0.2) is 19.0 Å². The van der Waals surface area contributed by atoms with Crippen molar-refractivity contribution in [2.45, 2.75) is 25.8 Å². The summed E-state index contributed by atoms with van der Waals surface area (Å²) in [7, 11) is 0. The van der Waals surface area contributed by atoms with Gasteiger partial charge in [0.1, 0.15) is 0 Å². The lowest BCUT2D eigenvalue weighted by molar-refractivity contribution is -0.121. The lowest BCUT2D eigenvalue weighted by Crippen LogP contribution is -2.32. The Kier molecular flexibility index (Phi) is 2.31. The summed E-state index contributed by atoms with van der Waals surface area (Å²) in [6, 6.07) is 6.33. The number of benzene rings is 1. The molecule has 2 aliphatic heterocycles. The molecule has 1 saturated heterocycles. The summed E-state index contributed by atoms with van der Waals surface area (Å²) >= 11 is 0. The van der Waals surface area contributed by atoms with E-state index in [4.69, 9.17) is 0 Å². The molecule has 1 fully saturated rings. The quantitative estimate of drug-likeness (QED) is 0.770. The minimum atomic E-state index is 0.145. The zero-order valence-corrected chi connectivity index (χ0v) is 9.33. The van der Waals surface area contributed by atoms with Crippen LogP contribution in [0.1, 0.15) is 24.0 Å². The maximum Gasteiger partial charge on any atom is 0.224 e. The van der Waals surface area contributed by atoms with E-state index >= 15 is 0 Å². The zero-order chi connectivity index (χ0) is 11.0. The fourth-order valence-electron chi connectivity index (χ4n) is 2.67. The van der Waals surface area contributed by atoms with Crippen LogP contribution in [0.3, 0.4) is 0 Å². The second-order valence-electron chi connectivity index (χ2n) is 4.56. The third kappa shape index (κ3) is 1.56. The largest absolute Gasteiger partial charge is 0.371 e. The molecule has 16 heavy (non-hydrogen) atoms. The van der Waals surface area contributed by atoms with Crippen LogP contribution in [0.4, 0.5) is 5.69 Å². The van der Waals surface area contributed by atoms with E-state index in [1.807, 2.05) is 0 Å². The number of carbonyl (C=O) groups is 1. The van der Waals surface area contributed by atoms with Gasteiger partial charge in [0, 0.05) is 25.3 Å². The third-order valence-electron chi connectivity index (χ3n) is 3.51. The molecule has 1 N–H and O–H groups in total. The molecule has 3 heteroatoms. The Hall–Kier alpha value is -1.51. The molecule has 0 radical (unpaired) electrons. The van der Waals surface area contributed by atoms with Gasteiger partial charge in [-0.25, -0.2) is 0 Å². The van der Waals surface area contributed by atoms with Crippen molar-refractivity contribution in [3.63, 3.8) is 0 Å². The number of anilines is 1. The van der Waals surface area contributed by atoms with Crippen molar-refractivity contribution < 1.29 is 4.79 Å². The molecule has 3 rings (SSSR count). The topological polar surface area (TPSA) is 32.3 Å². The van der Waals surface area contributed by atoms with Gasteiger partial charge in [-0.1, -0.05) is 12.1 Å². The van der Waals surface area contributed by atoms with Crippen molar-refractivity contribution in [1.82, 2.24) is 5.32 Å². The van der Waals surface area contributed by atoms with Crippen LogP contribution in [-0.2, 0) is 17.8 Å². The van der Waals surface area contributed by atoms with Crippen molar-refractivity contribution in [2.75, 3.05) is 18.0 Å². The Bertz CT molecular complexity index is 422. The highest BCUT2D eigenvalue weighted by molar-refractivity contribution is 5.82. The first-order chi connectivity index (χ1) is 7.84. The maximum atomic E-state index is 11.3. The SMILES string of the molecule is O=C1Cc2cccc(N3CCCC3)c2CN1. The van der Waals surface area contributed by atoms with Crippen molar-refractivity contribution in [2.24, 2.45) is 0 Å². The van der Waals surface area contributed by atoms with Gasteiger partial charge in [-0.15, -0.1) is 0 Å². The van der Waals surface area contributed by atoms with Crippen molar-refractivity contribution in [3.05, 3.63) is 29.3 Å². The Morgan fingerprint density at radius 3 is 2.81 bits per heavy atom. The predicted octanol–water partition coefficient (Wildman–Crippen LogP) is 1.46. The first kappa shape index (κ1) is 9.70. The first-order valence-corrected chi connectivity index (χ1v) is 5.97. The Balaban J connectivity index is 1.99. The molecule has 3 nitrogen and oxygen atoms in total. The Morgan fingerprint density at radius 2 is 2.00 bits per heavy atom. The van der Waals surface area contributed by atoms with Crippen LogP contribution >= 0.6 is 0 Å². The van der Waals surface area contributed by atoms with Crippen LogP contribution in [0, 0.1) is 0 Å². The zero-order valence-electron chi connectivity index (χ0n) is 9.33. The summed E-state index contributed by atoms with van der Waals surface area (Å²) in [5.74, 6) is 0.145. The lowest BCUT2D eigenvalue weighted by atomic mass is 9.98. The van der Waals surface area contributed by atoms with Crippen LogP contribution in [0.2, 0.25) is 0 Å². The fraction of sp³-hybridized carbons (Fsp3) is 0.462. The van der Waals surface area contributed by atoms with Crippen molar-refractivity contribution in [3.8, 4) is 0 Å². The van der Waals surface area contributed by atoms with E-state index in [1.165, 1.54) is 29.7 Å². The monoisotopic (exact) mass is 216 g/mol. The van der Waals surface area contributed by atoms with Gasteiger partial charge >= 0.3 is 0 Å². The average molecular weight is 216 g/mol. The van der Waals surface area contributed by atoms with Crippen LogP contribution < -0.4 is 10.2 Å². The summed E-state index contributed by atoms with van der Waals surface area (Å²) in [5.41, 5.74) is 3.85. The number of hydrogen-bond acceptors (Lipinski definition) is 2. The molecule has 0 aromatic heterocycles. The van der Waals surface area contributed by atoms with E-state index in [1.54, 1.807) is 0 Å². The molecule has 0 aliphatic carbocycles. The summed E-state index contributed by atoms with van der Waals surface area (Å²) < 4.78 is 0. The van der Waals surface area contributed by atoms with Crippen molar-refractivity contribution >= 4 is 11.6 Å². The number of nitrogens with zero attached hydrogens (tertiary/aromatic N) is 1. The Labute approximate surface area is 95.4 Å². The molecule has 0 unspecified atom stereocenters. The van der Waals surface area contributed by atoms with E-state index in [0.29, 0.717) is 13.0 Å². The summed E-state index contributed by atoms with van der Waals surface area (Å²) in [5, 5.41) is 2.94. The van der Waals surface area contributed by atoms with Gasteiger partial charge in [0.05, 0.1) is 6.42 Å². The van der Waals surface area contributed by atoms with E-state index in [0.717, 1.165) is 13.1 Å². The van der Waals surface area contributed by atoms with Crippen LogP contribution in [0.15, 0.2) is 18.2 Å². The van der Waals surface area contributed by atoms with E-state index < -0.39 is 0 Å². The van der Waals surface area contributed by atoms with E-state index in [-0.39, 0.29) is 5.91 Å². The van der Waals surface area contributed by atoms with Gasteiger partial charge in [0.15, 0.2) is 0 Å². The predicted molar refractivity (Wildman–Crippen MR) is 63.4 cm³/mol. The molecular formula is C13H16N2O. The summed E-state index contributed by atoms with van der Waals surface area (Å²) in [4.78, 5) is 13.8.